The second-order valence-corrected chi connectivity index (χ2v) is 5.31. The number of fused-ring (bicyclic) bond motifs is 3. The van der Waals surface area contributed by atoms with E-state index < -0.39 is 0 Å². The Hall–Kier alpha value is -2.47. The van der Waals surface area contributed by atoms with Crippen molar-refractivity contribution in [1.82, 2.24) is 29.4 Å². The molecule has 6 nitrogen and oxygen atoms in total. The van der Waals surface area contributed by atoms with Gasteiger partial charge in [0.25, 0.3) is 0 Å². The fraction of sp³-hybridized carbons (Fsp3) is 0.143. The third-order valence-electron chi connectivity index (χ3n) is 3.41. The molecule has 0 aliphatic carbocycles. The zero-order chi connectivity index (χ0) is 14.6. The lowest BCUT2D eigenvalue weighted by atomic mass is 10.2. The fourth-order valence-electron chi connectivity index (χ4n) is 2.33. The zero-order valence-corrected chi connectivity index (χ0v) is 12.2. The minimum Gasteiger partial charge on any atom is -0.216 e. The molecule has 0 fully saturated rings. The van der Waals surface area contributed by atoms with E-state index in [-0.39, 0.29) is 0 Å². The topological polar surface area (TPSA) is 60.9 Å². The normalized spacial score (nSPS) is 11.6. The lowest BCUT2D eigenvalue weighted by molar-refractivity contribution is 0.875. The Morgan fingerprint density at radius 2 is 2.00 bits per heavy atom. The summed E-state index contributed by atoms with van der Waals surface area (Å²) in [6, 6.07) is 5.81. The minimum absolute atomic E-state index is 0.704. The largest absolute Gasteiger partial charge is 0.216 e. The van der Waals surface area contributed by atoms with Gasteiger partial charge in [0.15, 0.2) is 11.3 Å². The second-order valence-electron chi connectivity index (χ2n) is 4.90. The van der Waals surface area contributed by atoms with Crippen molar-refractivity contribution in [2.45, 2.75) is 13.8 Å². The van der Waals surface area contributed by atoms with Gasteiger partial charge < -0.3 is 0 Å². The van der Waals surface area contributed by atoms with Crippen LogP contribution in [0.2, 0.25) is 5.02 Å². The number of halogens is 1. The van der Waals surface area contributed by atoms with E-state index in [1.807, 2.05) is 32.0 Å². The lowest BCUT2D eigenvalue weighted by Gasteiger charge is -2.05. The molecule has 0 atom stereocenters. The molecule has 0 unspecified atom stereocenters. The summed E-state index contributed by atoms with van der Waals surface area (Å²) in [6.45, 7) is 3.82. The van der Waals surface area contributed by atoms with Crippen LogP contribution in [0.4, 0.5) is 0 Å². The van der Waals surface area contributed by atoms with E-state index in [0.717, 1.165) is 27.9 Å². The number of aromatic nitrogens is 6. The van der Waals surface area contributed by atoms with Gasteiger partial charge in [-0.1, -0.05) is 17.7 Å². The fourth-order valence-corrected chi connectivity index (χ4v) is 2.50. The molecule has 0 aliphatic heterocycles. The molecule has 3 heterocycles. The van der Waals surface area contributed by atoms with Crippen LogP contribution >= 0.6 is 11.6 Å². The highest BCUT2D eigenvalue weighted by Crippen LogP contribution is 2.23. The van der Waals surface area contributed by atoms with Crippen molar-refractivity contribution < 1.29 is 0 Å². The summed E-state index contributed by atoms with van der Waals surface area (Å²) in [4.78, 5) is 8.84. The molecule has 0 aliphatic rings. The standard InChI is InChI=1S/C14H11ClN6/c1-8-3-4-10(5-12(8)15)21-13-11(6-17-21)14-18-9(2)19-20(14)7-16-13/h3-7H,1-2H3. The van der Waals surface area contributed by atoms with Crippen LogP contribution in [0.1, 0.15) is 11.4 Å². The first-order valence-corrected chi connectivity index (χ1v) is 6.83. The van der Waals surface area contributed by atoms with Gasteiger partial charge in [-0.15, -0.1) is 0 Å². The molecule has 104 valence electrons. The van der Waals surface area contributed by atoms with E-state index in [1.165, 1.54) is 0 Å². The number of nitrogens with zero attached hydrogens (tertiary/aromatic N) is 6. The number of hydrogen-bond donors (Lipinski definition) is 0. The van der Waals surface area contributed by atoms with E-state index in [4.69, 9.17) is 11.6 Å². The highest BCUT2D eigenvalue weighted by molar-refractivity contribution is 6.31. The Balaban J connectivity index is 2.01. The van der Waals surface area contributed by atoms with E-state index in [1.54, 1.807) is 21.7 Å². The third-order valence-corrected chi connectivity index (χ3v) is 3.82. The average molecular weight is 299 g/mol. The number of benzene rings is 1. The molecule has 0 saturated heterocycles. The summed E-state index contributed by atoms with van der Waals surface area (Å²) in [7, 11) is 0. The molecule has 0 bridgehead atoms. The Bertz CT molecular complexity index is 984. The average Bonchev–Trinajstić information content (AvgIpc) is 3.03. The van der Waals surface area contributed by atoms with Crippen molar-refractivity contribution in [2.75, 3.05) is 0 Å². The Morgan fingerprint density at radius 3 is 2.81 bits per heavy atom. The van der Waals surface area contributed by atoms with Gasteiger partial charge in [-0.05, 0) is 31.5 Å². The van der Waals surface area contributed by atoms with Crippen LogP contribution in [-0.4, -0.2) is 29.4 Å². The quantitative estimate of drug-likeness (QED) is 0.542. The van der Waals surface area contributed by atoms with Crippen molar-refractivity contribution >= 4 is 28.3 Å². The van der Waals surface area contributed by atoms with E-state index in [9.17, 15) is 0 Å². The third kappa shape index (κ3) is 1.80. The van der Waals surface area contributed by atoms with Gasteiger partial charge in [0.1, 0.15) is 12.2 Å². The highest BCUT2D eigenvalue weighted by atomic mass is 35.5. The second kappa shape index (κ2) is 4.26. The van der Waals surface area contributed by atoms with Crippen molar-refractivity contribution in [1.29, 1.82) is 0 Å². The predicted molar refractivity (Wildman–Crippen MR) is 79.9 cm³/mol. The first kappa shape index (κ1) is 12.3. The van der Waals surface area contributed by atoms with Gasteiger partial charge in [0.2, 0.25) is 0 Å². The summed E-state index contributed by atoms with van der Waals surface area (Å²) >= 11 is 6.19. The summed E-state index contributed by atoms with van der Waals surface area (Å²) in [6.07, 6.45) is 3.39. The lowest BCUT2D eigenvalue weighted by Crippen LogP contribution is -1.99. The molecule has 0 N–H and O–H groups in total. The molecule has 0 amide bonds. The summed E-state index contributed by atoms with van der Waals surface area (Å²) in [5.74, 6) is 0.704. The van der Waals surface area contributed by atoms with Gasteiger partial charge in [0, 0.05) is 5.02 Å². The molecule has 0 saturated carbocycles. The molecule has 0 spiro atoms. The van der Waals surface area contributed by atoms with Crippen LogP contribution in [0, 0.1) is 13.8 Å². The van der Waals surface area contributed by atoms with Gasteiger partial charge in [-0.3, -0.25) is 0 Å². The van der Waals surface area contributed by atoms with E-state index in [0.29, 0.717) is 10.8 Å². The van der Waals surface area contributed by atoms with Crippen molar-refractivity contribution in [3.05, 3.63) is 47.1 Å². The van der Waals surface area contributed by atoms with Crippen LogP contribution in [0.3, 0.4) is 0 Å². The van der Waals surface area contributed by atoms with Crippen molar-refractivity contribution in [3.8, 4) is 5.69 Å². The summed E-state index contributed by atoms with van der Waals surface area (Å²) < 4.78 is 3.41. The molecule has 3 aromatic heterocycles. The Morgan fingerprint density at radius 1 is 1.14 bits per heavy atom. The van der Waals surface area contributed by atoms with Gasteiger partial charge >= 0.3 is 0 Å². The maximum atomic E-state index is 6.19. The summed E-state index contributed by atoms with van der Waals surface area (Å²) in [5, 5.41) is 10.2. The Kier molecular flexibility index (Phi) is 2.49. The number of rotatable bonds is 1. The van der Waals surface area contributed by atoms with Crippen molar-refractivity contribution in [2.24, 2.45) is 0 Å². The van der Waals surface area contributed by atoms with Crippen LogP contribution in [0.5, 0.6) is 0 Å². The smallest absolute Gasteiger partial charge is 0.170 e. The molecule has 4 rings (SSSR count). The van der Waals surface area contributed by atoms with Crippen LogP contribution in [-0.2, 0) is 0 Å². The maximum absolute atomic E-state index is 6.19. The van der Waals surface area contributed by atoms with Crippen LogP contribution < -0.4 is 0 Å². The highest BCUT2D eigenvalue weighted by Gasteiger charge is 2.12. The van der Waals surface area contributed by atoms with Crippen LogP contribution in [0.25, 0.3) is 22.4 Å². The predicted octanol–water partition coefficient (Wildman–Crippen LogP) is 2.73. The van der Waals surface area contributed by atoms with Gasteiger partial charge in [-0.2, -0.15) is 10.2 Å². The number of aryl methyl sites for hydroxylation is 2. The molecule has 7 heteroatoms. The molecule has 1 aromatic carbocycles. The molecule has 0 radical (unpaired) electrons. The minimum atomic E-state index is 0.704. The first-order chi connectivity index (χ1) is 10.1. The monoisotopic (exact) mass is 298 g/mol. The molecular formula is C14H11ClN6. The zero-order valence-electron chi connectivity index (χ0n) is 11.4. The summed E-state index contributed by atoms with van der Waals surface area (Å²) in [5.41, 5.74) is 3.38. The van der Waals surface area contributed by atoms with Gasteiger partial charge in [0.05, 0.1) is 17.3 Å². The van der Waals surface area contributed by atoms with E-state index >= 15 is 0 Å². The SMILES string of the molecule is Cc1nc2c3cnn(-c4ccc(C)c(Cl)c4)c3ncn2n1. The molecule has 4 aromatic rings. The molecular weight excluding hydrogens is 288 g/mol. The number of hydrogen-bond acceptors (Lipinski definition) is 4. The molecule has 21 heavy (non-hydrogen) atoms. The van der Waals surface area contributed by atoms with E-state index in [2.05, 4.69) is 20.2 Å². The van der Waals surface area contributed by atoms with Gasteiger partial charge in [-0.25, -0.2) is 19.2 Å². The first-order valence-electron chi connectivity index (χ1n) is 6.46. The van der Waals surface area contributed by atoms with Crippen LogP contribution in [0.15, 0.2) is 30.7 Å². The van der Waals surface area contributed by atoms with Crippen molar-refractivity contribution in [3.63, 3.8) is 0 Å². The maximum Gasteiger partial charge on any atom is 0.170 e. The Labute approximate surface area is 125 Å².